The number of benzene rings is 1. The molecule has 0 radical (unpaired) electrons. The quantitative estimate of drug-likeness (QED) is 0.888. The third kappa shape index (κ3) is 3.07. The van der Waals surface area contributed by atoms with Crippen molar-refractivity contribution in [2.24, 2.45) is 0 Å². The van der Waals surface area contributed by atoms with Crippen LogP contribution >= 0.6 is 27.3 Å². The Kier molecular flexibility index (Phi) is 3.84. The third-order valence-corrected chi connectivity index (χ3v) is 3.98. The Morgan fingerprint density at radius 3 is 2.47 bits per heavy atom. The maximum absolute atomic E-state index is 4.55. The van der Waals surface area contributed by atoms with Gasteiger partial charge in [-0.15, -0.1) is 0 Å². The second-order valence-corrected chi connectivity index (χ2v) is 6.15. The molecule has 0 saturated heterocycles. The molecule has 2 rings (SSSR count). The van der Waals surface area contributed by atoms with Gasteiger partial charge in [0, 0.05) is 10.5 Å². The van der Waals surface area contributed by atoms with Crippen molar-refractivity contribution in [2.75, 3.05) is 5.32 Å². The smallest absolute Gasteiger partial charge is 0.183 e. The Morgan fingerprint density at radius 1 is 1.24 bits per heavy atom. The van der Waals surface area contributed by atoms with Crippen LogP contribution in [-0.4, -0.2) is 11.0 Å². The van der Waals surface area contributed by atoms with Crippen LogP contribution in [0.1, 0.15) is 19.5 Å². The fourth-order valence-electron chi connectivity index (χ4n) is 1.57. The van der Waals surface area contributed by atoms with Gasteiger partial charge < -0.3 is 5.32 Å². The Bertz CT molecular complexity index is 503. The van der Waals surface area contributed by atoms with Gasteiger partial charge in [0.2, 0.25) is 0 Å². The molecule has 0 unspecified atom stereocenters. The van der Waals surface area contributed by atoms with Gasteiger partial charge in [0.05, 0.1) is 10.6 Å². The van der Waals surface area contributed by atoms with E-state index in [0.29, 0.717) is 6.04 Å². The summed E-state index contributed by atoms with van der Waals surface area (Å²) in [4.78, 5) is 5.78. The summed E-state index contributed by atoms with van der Waals surface area (Å²) in [5, 5.41) is 4.34. The van der Waals surface area contributed by atoms with E-state index >= 15 is 0 Å². The first-order chi connectivity index (χ1) is 8.06. The lowest BCUT2D eigenvalue weighted by Gasteiger charge is -2.04. The summed E-state index contributed by atoms with van der Waals surface area (Å²) >= 11 is 5.16. The summed E-state index contributed by atoms with van der Waals surface area (Å²) in [7, 11) is 0. The van der Waals surface area contributed by atoms with Crippen molar-refractivity contribution in [3.63, 3.8) is 0 Å². The van der Waals surface area contributed by atoms with Crippen molar-refractivity contribution in [1.29, 1.82) is 0 Å². The highest BCUT2D eigenvalue weighted by Gasteiger charge is 2.09. The van der Waals surface area contributed by atoms with E-state index in [-0.39, 0.29) is 0 Å². The van der Waals surface area contributed by atoms with Gasteiger partial charge in [-0.2, -0.15) is 0 Å². The summed E-state index contributed by atoms with van der Waals surface area (Å²) in [6.07, 6.45) is 0. The SMILES string of the molecule is Cc1nc(NC(C)C)sc1-c1ccc(Br)cc1. The lowest BCUT2D eigenvalue weighted by atomic mass is 10.2. The second kappa shape index (κ2) is 5.19. The number of anilines is 1. The number of thiazole rings is 1. The number of nitrogens with zero attached hydrogens (tertiary/aromatic N) is 1. The molecule has 0 bridgehead atoms. The molecule has 0 atom stereocenters. The minimum Gasteiger partial charge on any atom is -0.359 e. The van der Waals surface area contributed by atoms with Crippen LogP contribution in [0, 0.1) is 6.92 Å². The first kappa shape index (κ1) is 12.6. The van der Waals surface area contributed by atoms with E-state index in [1.165, 1.54) is 10.4 Å². The van der Waals surface area contributed by atoms with Crippen LogP contribution < -0.4 is 5.32 Å². The Morgan fingerprint density at radius 2 is 1.88 bits per heavy atom. The fourth-order valence-corrected chi connectivity index (χ4v) is 2.96. The van der Waals surface area contributed by atoms with Crippen molar-refractivity contribution in [3.05, 3.63) is 34.4 Å². The van der Waals surface area contributed by atoms with Crippen LogP contribution in [0.4, 0.5) is 5.13 Å². The van der Waals surface area contributed by atoms with E-state index < -0.39 is 0 Å². The van der Waals surface area contributed by atoms with Gasteiger partial charge in [0.1, 0.15) is 0 Å². The van der Waals surface area contributed by atoms with Crippen molar-refractivity contribution >= 4 is 32.4 Å². The number of hydrogen-bond donors (Lipinski definition) is 1. The van der Waals surface area contributed by atoms with Crippen LogP contribution in [-0.2, 0) is 0 Å². The van der Waals surface area contributed by atoms with Crippen molar-refractivity contribution in [3.8, 4) is 10.4 Å². The highest BCUT2D eigenvalue weighted by molar-refractivity contribution is 9.10. The number of rotatable bonds is 3. The third-order valence-electron chi connectivity index (χ3n) is 2.32. The molecule has 0 amide bonds. The van der Waals surface area contributed by atoms with E-state index in [2.05, 4.69) is 71.3 Å². The Hall–Kier alpha value is -0.870. The number of halogens is 1. The minimum absolute atomic E-state index is 0.415. The van der Waals surface area contributed by atoms with Crippen LogP contribution in [0.3, 0.4) is 0 Å². The van der Waals surface area contributed by atoms with Crippen LogP contribution in [0.15, 0.2) is 28.7 Å². The monoisotopic (exact) mass is 310 g/mol. The van der Waals surface area contributed by atoms with Gasteiger partial charge in [-0.1, -0.05) is 39.4 Å². The average molecular weight is 311 g/mol. The summed E-state index contributed by atoms with van der Waals surface area (Å²) in [5.74, 6) is 0. The second-order valence-electron chi connectivity index (χ2n) is 4.24. The molecule has 0 saturated carbocycles. The normalized spacial score (nSPS) is 10.9. The molecule has 1 heterocycles. The van der Waals surface area contributed by atoms with E-state index in [1.807, 2.05) is 0 Å². The van der Waals surface area contributed by atoms with Gasteiger partial charge >= 0.3 is 0 Å². The molecule has 0 aliphatic carbocycles. The molecule has 1 aromatic heterocycles. The molecule has 1 aromatic carbocycles. The molecule has 17 heavy (non-hydrogen) atoms. The molecular weight excluding hydrogens is 296 g/mol. The molecule has 2 aromatic rings. The van der Waals surface area contributed by atoms with Crippen LogP contribution in [0.2, 0.25) is 0 Å². The maximum Gasteiger partial charge on any atom is 0.183 e. The topological polar surface area (TPSA) is 24.9 Å². The van der Waals surface area contributed by atoms with Gasteiger partial charge in [-0.3, -0.25) is 0 Å². The number of nitrogens with one attached hydrogen (secondary N) is 1. The van der Waals surface area contributed by atoms with E-state index in [9.17, 15) is 0 Å². The minimum atomic E-state index is 0.415. The molecular formula is C13H15BrN2S. The number of aryl methyl sites for hydroxylation is 1. The summed E-state index contributed by atoms with van der Waals surface area (Å²) in [6, 6.07) is 8.76. The predicted octanol–water partition coefficient (Wildman–Crippen LogP) is 4.70. The van der Waals surface area contributed by atoms with Crippen LogP contribution in [0.5, 0.6) is 0 Å². The van der Waals surface area contributed by atoms with E-state index in [1.54, 1.807) is 11.3 Å². The highest BCUT2D eigenvalue weighted by Crippen LogP contribution is 2.33. The molecule has 0 aliphatic rings. The molecule has 0 fully saturated rings. The van der Waals surface area contributed by atoms with Gasteiger partial charge in [0.15, 0.2) is 5.13 Å². The summed E-state index contributed by atoms with van der Waals surface area (Å²) in [6.45, 7) is 6.30. The molecule has 2 nitrogen and oxygen atoms in total. The summed E-state index contributed by atoms with van der Waals surface area (Å²) in [5.41, 5.74) is 2.31. The van der Waals surface area contributed by atoms with Gasteiger partial charge in [-0.25, -0.2) is 4.98 Å². The first-order valence-electron chi connectivity index (χ1n) is 5.56. The van der Waals surface area contributed by atoms with E-state index in [4.69, 9.17) is 0 Å². The lowest BCUT2D eigenvalue weighted by Crippen LogP contribution is -2.08. The standard InChI is InChI=1S/C13H15BrN2S/c1-8(2)15-13-16-9(3)12(17-13)10-4-6-11(14)7-5-10/h4-8H,1-3H3,(H,15,16). The van der Waals surface area contributed by atoms with E-state index in [0.717, 1.165) is 15.3 Å². The van der Waals surface area contributed by atoms with Crippen molar-refractivity contribution in [2.45, 2.75) is 26.8 Å². The fraction of sp³-hybridized carbons (Fsp3) is 0.308. The number of aromatic nitrogens is 1. The number of hydrogen-bond acceptors (Lipinski definition) is 3. The zero-order chi connectivity index (χ0) is 12.4. The Balaban J connectivity index is 2.32. The molecule has 1 N–H and O–H groups in total. The van der Waals surface area contributed by atoms with Crippen molar-refractivity contribution < 1.29 is 0 Å². The van der Waals surface area contributed by atoms with Crippen molar-refractivity contribution in [1.82, 2.24) is 4.98 Å². The Labute approximate surface area is 114 Å². The highest BCUT2D eigenvalue weighted by atomic mass is 79.9. The molecule has 0 spiro atoms. The largest absolute Gasteiger partial charge is 0.359 e. The van der Waals surface area contributed by atoms with Gasteiger partial charge in [0.25, 0.3) is 0 Å². The molecule has 0 aliphatic heterocycles. The van der Waals surface area contributed by atoms with Crippen LogP contribution in [0.25, 0.3) is 10.4 Å². The summed E-state index contributed by atoms with van der Waals surface area (Å²) < 4.78 is 1.10. The molecule has 90 valence electrons. The van der Waals surface area contributed by atoms with Gasteiger partial charge in [-0.05, 0) is 38.5 Å². The molecule has 4 heteroatoms. The zero-order valence-electron chi connectivity index (χ0n) is 10.1. The zero-order valence-corrected chi connectivity index (χ0v) is 12.5. The predicted molar refractivity (Wildman–Crippen MR) is 78.7 cm³/mol. The first-order valence-corrected chi connectivity index (χ1v) is 7.17. The lowest BCUT2D eigenvalue weighted by molar-refractivity contribution is 0.895. The maximum atomic E-state index is 4.55. The average Bonchev–Trinajstić information content (AvgIpc) is 2.59.